The number of aromatic nitrogens is 2. The molecule has 0 radical (unpaired) electrons. The van der Waals surface area contributed by atoms with E-state index in [1.165, 1.54) is 10.9 Å². The minimum Gasteiger partial charge on any atom is -0.459 e. The Morgan fingerprint density at radius 1 is 1.06 bits per heavy atom. The van der Waals surface area contributed by atoms with Crippen LogP contribution in [0, 0.1) is 5.92 Å². The minimum atomic E-state index is -0.677. The van der Waals surface area contributed by atoms with Gasteiger partial charge in [0.2, 0.25) is 5.91 Å². The molecule has 1 aliphatic rings. The third kappa shape index (κ3) is 4.84. The Morgan fingerprint density at radius 3 is 2.38 bits per heavy atom. The fourth-order valence-corrected chi connectivity index (χ4v) is 4.14. The first-order chi connectivity index (χ1) is 16.4. The Bertz CT molecular complexity index is 1200. The van der Waals surface area contributed by atoms with E-state index in [4.69, 9.17) is 16.0 Å². The van der Waals surface area contributed by atoms with Crippen molar-refractivity contribution in [1.82, 2.24) is 20.0 Å². The molecule has 1 fully saturated rings. The van der Waals surface area contributed by atoms with Crippen molar-refractivity contribution in [2.75, 3.05) is 31.1 Å². The number of carbonyl (C=O) groups is 2. The van der Waals surface area contributed by atoms with E-state index in [2.05, 4.69) is 10.4 Å². The molecule has 178 valence electrons. The van der Waals surface area contributed by atoms with Crippen molar-refractivity contribution in [2.45, 2.75) is 19.9 Å². The van der Waals surface area contributed by atoms with E-state index in [0.717, 1.165) is 0 Å². The first-order valence-electron chi connectivity index (χ1n) is 11.1. The molecular weight excluding hydrogens is 458 g/mol. The molecule has 0 aliphatic carbocycles. The summed E-state index contributed by atoms with van der Waals surface area (Å²) in [4.78, 5) is 42.1. The van der Waals surface area contributed by atoms with Gasteiger partial charge in [-0.2, -0.15) is 9.78 Å². The summed E-state index contributed by atoms with van der Waals surface area (Å²) in [6, 6.07) is 11.6. The summed E-state index contributed by atoms with van der Waals surface area (Å²) in [5.41, 5.74) is 0.773. The number of halogens is 1. The topological polar surface area (TPSA) is 101 Å². The van der Waals surface area contributed by atoms with Crippen LogP contribution in [0.5, 0.6) is 0 Å². The van der Waals surface area contributed by atoms with Gasteiger partial charge in [-0.05, 0) is 30.2 Å². The number of benzene rings is 1. The lowest BCUT2D eigenvalue weighted by Crippen LogP contribution is -2.56. The fraction of sp³-hybridized carbons (Fsp3) is 0.333. The molecule has 1 aromatic carbocycles. The SMILES string of the molecule is CC(C)[C@H](NC(=O)c1ccco1)C(=O)N1CCN(c2cnn(-c3ccccc3)c(=O)c2Cl)CC1. The van der Waals surface area contributed by atoms with Crippen molar-refractivity contribution in [2.24, 2.45) is 5.92 Å². The lowest BCUT2D eigenvalue weighted by atomic mass is 10.0. The van der Waals surface area contributed by atoms with Crippen LogP contribution in [0.3, 0.4) is 0 Å². The molecule has 2 aromatic heterocycles. The minimum absolute atomic E-state index is 0.0874. The Labute approximate surface area is 201 Å². The van der Waals surface area contributed by atoms with Crippen molar-refractivity contribution in [3.8, 4) is 5.69 Å². The molecule has 0 bridgehead atoms. The van der Waals surface area contributed by atoms with E-state index in [0.29, 0.717) is 37.6 Å². The van der Waals surface area contributed by atoms with Gasteiger partial charge in [-0.1, -0.05) is 43.6 Å². The molecule has 1 aliphatic heterocycles. The number of hydrogen-bond acceptors (Lipinski definition) is 6. The number of furan rings is 1. The van der Waals surface area contributed by atoms with Crippen LogP contribution in [0.2, 0.25) is 5.02 Å². The molecule has 3 aromatic rings. The highest BCUT2D eigenvalue weighted by molar-refractivity contribution is 6.33. The molecule has 4 rings (SSSR count). The second-order valence-corrected chi connectivity index (χ2v) is 8.76. The lowest BCUT2D eigenvalue weighted by Gasteiger charge is -2.38. The van der Waals surface area contributed by atoms with Gasteiger partial charge in [0.1, 0.15) is 11.1 Å². The molecule has 34 heavy (non-hydrogen) atoms. The Balaban J connectivity index is 1.43. The smallest absolute Gasteiger partial charge is 0.292 e. The number of hydrogen-bond donors (Lipinski definition) is 1. The van der Waals surface area contributed by atoms with Gasteiger partial charge in [-0.3, -0.25) is 14.4 Å². The zero-order valence-electron chi connectivity index (χ0n) is 19.0. The number of amides is 2. The van der Waals surface area contributed by atoms with E-state index >= 15 is 0 Å². The molecular formula is C24H26ClN5O4. The van der Waals surface area contributed by atoms with Gasteiger partial charge < -0.3 is 19.5 Å². The quantitative estimate of drug-likeness (QED) is 0.578. The molecule has 1 N–H and O–H groups in total. The zero-order chi connectivity index (χ0) is 24.2. The van der Waals surface area contributed by atoms with Crippen LogP contribution in [0.25, 0.3) is 5.69 Å². The molecule has 0 spiro atoms. The van der Waals surface area contributed by atoms with E-state index in [1.807, 2.05) is 36.9 Å². The summed E-state index contributed by atoms with van der Waals surface area (Å²) < 4.78 is 6.40. The number of nitrogens with zero attached hydrogens (tertiary/aromatic N) is 4. The van der Waals surface area contributed by atoms with Crippen LogP contribution >= 0.6 is 11.6 Å². The average molecular weight is 484 g/mol. The largest absolute Gasteiger partial charge is 0.459 e. The van der Waals surface area contributed by atoms with Crippen molar-refractivity contribution in [3.63, 3.8) is 0 Å². The van der Waals surface area contributed by atoms with E-state index in [-0.39, 0.29) is 22.6 Å². The van der Waals surface area contributed by atoms with Crippen molar-refractivity contribution in [1.29, 1.82) is 0 Å². The monoisotopic (exact) mass is 483 g/mol. The van der Waals surface area contributed by atoms with Gasteiger partial charge in [0.05, 0.1) is 23.8 Å². The highest BCUT2D eigenvalue weighted by Gasteiger charge is 2.32. The Hall–Kier alpha value is -3.59. The van der Waals surface area contributed by atoms with Crippen molar-refractivity contribution in [3.05, 3.63) is 76.1 Å². The number of nitrogens with one attached hydrogen (secondary N) is 1. The summed E-state index contributed by atoms with van der Waals surface area (Å²) in [6.07, 6.45) is 2.99. The van der Waals surface area contributed by atoms with Gasteiger partial charge in [0.25, 0.3) is 11.5 Å². The third-order valence-corrected chi connectivity index (χ3v) is 6.15. The highest BCUT2D eigenvalue weighted by atomic mass is 35.5. The van der Waals surface area contributed by atoms with Crippen LogP contribution in [0.1, 0.15) is 24.4 Å². The standard InChI is InChI=1S/C24H26ClN5O4/c1-16(2)21(27-22(31)19-9-6-14-34-19)24(33)29-12-10-28(11-13-29)18-15-26-30(23(32)20(18)25)17-7-4-3-5-8-17/h3-9,14-16,21H,10-13H2,1-2H3,(H,27,31)/t21-/m0/s1. The van der Waals surface area contributed by atoms with Crippen LogP contribution in [0.15, 0.2) is 64.1 Å². The molecule has 0 saturated carbocycles. The summed E-state index contributed by atoms with van der Waals surface area (Å²) in [5.74, 6) is -0.518. The van der Waals surface area contributed by atoms with Crippen LogP contribution in [0.4, 0.5) is 5.69 Å². The molecule has 1 saturated heterocycles. The van der Waals surface area contributed by atoms with Gasteiger partial charge in [0, 0.05) is 26.2 Å². The Morgan fingerprint density at radius 2 is 1.76 bits per heavy atom. The molecule has 0 unspecified atom stereocenters. The Kier molecular flexibility index (Phi) is 7.02. The number of para-hydroxylation sites is 1. The molecule has 3 heterocycles. The third-order valence-electron chi connectivity index (χ3n) is 5.80. The lowest BCUT2D eigenvalue weighted by molar-refractivity contribution is -0.134. The van der Waals surface area contributed by atoms with Crippen LogP contribution in [-0.4, -0.2) is 58.7 Å². The maximum atomic E-state index is 13.2. The van der Waals surface area contributed by atoms with Gasteiger partial charge in [-0.25, -0.2) is 0 Å². The number of piperazine rings is 1. The zero-order valence-corrected chi connectivity index (χ0v) is 19.7. The number of rotatable bonds is 6. The highest BCUT2D eigenvalue weighted by Crippen LogP contribution is 2.23. The first-order valence-corrected chi connectivity index (χ1v) is 11.5. The van der Waals surface area contributed by atoms with Gasteiger partial charge in [0.15, 0.2) is 5.76 Å². The fourth-order valence-electron chi connectivity index (χ4n) is 3.90. The predicted molar refractivity (Wildman–Crippen MR) is 128 cm³/mol. The molecule has 1 atom stereocenters. The summed E-state index contributed by atoms with van der Waals surface area (Å²) >= 11 is 6.43. The van der Waals surface area contributed by atoms with Crippen LogP contribution < -0.4 is 15.8 Å². The van der Waals surface area contributed by atoms with Gasteiger partial charge >= 0.3 is 0 Å². The summed E-state index contributed by atoms with van der Waals surface area (Å²) in [5, 5.41) is 7.16. The average Bonchev–Trinajstić information content (AvgIpc) is 3.39. The second-order valence-electron chi connectivity index (χ2n) is 8.38. The number of carbonyl (C=O) groups excluding carboxylic acids is 2. The molecule has 2 amide bonds. The first kappa shape index (κ1) is 23.6. The summed E-state index contributed by atoms with van der Waals surface area (Å²) in [6.45, 7) is 5.59. The number of anilines is 1. The molecule has 10 heteroatoms. The van der Waals surface area contributed by atoms with Crippen molar-refractivity contribution < 1.29 is 14.0 Å². The predicted octanol–water partition coefficient (Wildman–Crippen LogP) is 2.58. The maximum Gasteiger partial charge on any atom is 0.292 e. The maximum absolute atomic E-state index is 13.2. The summed E-state index contributed by atoms with van der Waals surface area (Å²) in [7, 11) is 0. The van der Waals surface area contributed by atoms with Crippen LogP contribution in [-0.2, 0) is 4.79 Å². The molecule has 9 nitrogen and oxygen atoms in total. The van der Waals surface area contributed by atoms with Gasteiger partial charge in [-0.15, -0.1) is 0 Å². The second kappa shape index (κ2) is 10.1. The van der Waals surface area contributed by atoms with E-state index in [9.17, 15) is 14.4 Å². The van der Waals surface area contributed by atoms with E-state index in [1.54, 1.807) is 35.4 Å². The normalized spacial score (nSPS) is 14.8. The van der Waals surface area contributed by atoms with Crippen molar-refractivity contribution >= 4 is 29.1 Å². The van der Waals surface area contributed by atoms with E-state index < -0.39 is 17.5 Å².